The second-order valence-corrected chi connectivity index (χ2v) is 6.50. The number of nitrogens with two attached hydrogens (primary N) is 1. The van der Waals surface area contributed by atoms with Gasteiger partial charge in [-0.05, 0) is 25.7 Å². The molecule has 3 N–H and O–H groups in total. The molecule has 19 heavy (non-hydrogen) atoms. The van der Waals surface area contributed by atoms with Gasteiger partial charge in [0.2, 0.25) is 5.91 Å². The molecule has 0 unspecified atom stereocenters. The second kappa shape index (κ2) is 6.71. The molecule has 2 aliphatic rings. The first kappa shape index (κ1) is 14.8. The van der Waals surface area contributed by atoms with Gasteiger partial charge in [-0.15, -0.1) is 0 Å². The Labute approximate surface area is 117 Å². The summed E-state index contributed by atoms with van der Waals surface area (Å²) < 4.78 is 0. The Kier molecular flexibility index (Phi) is 5.22. The summed E-state index contributed by atoms with van der Waals surface area (Å²) in [6, 6.07) is 0.375. The molecule has 0 radical (unpaired) electrons. The van der Waals surface area contributed by atoms with Gasteiger partial charge in [-0.2, -0.15) is 0 Å². The molecule has 0 bridgehead atoms. The van der Waals surface area contributed by atoms with Gasteiger partial charge in [0.1, 0.15) is 0 Å². The Bertz CT molecular complexity index is 292. The molecule has 4 heteroatoms. The third-order valence-corrected chi connectivity index (χ3v) is 4.87. The number of hydrogen-bond donors (Lipinski definition) is 2. The van der Waals surface area contributed by atoms with E-state index in [9.17, 15) is 4.79 Å². The highest BCUT2D eigenvalue weighted by atomic mass is 16.2. The molecule has 1 aliphatic heterocycles. The fraction of sp³-hybridized carbons (Fsp3) is 0.933. The molecule has 0 atom stereocenters. The number of rotatable bonds is 4. The maximum absolute atomic E-state index is 12.5. The summed E-state index contributed by atoms with van der Waals surface area (Å²) >= 11 is 0. The Balaban J connectivity index is 1.77. The highest BCUT2D eigenvalue weighted by Gasteiger charge is 2.35. The molecule has 4 nitrogen and oxygen atoms in total. The van der Waals surface area contributed by atoms with Crippen LogP contribution in [0.5, 0.6) is 0 Å². The third-order valence-electron chi connectivity index (χ3n) is 4.87. The van der Waals surface area contributed by atoms with Crippen LogP contribution in [0.25, 0.3) is 0 Å². The van der Waals surface area contributed by atoms with Gasteiger partial charge in [0, 0.05) is 37.6 Å². The first-order valence-electron chi connectivity index (χ1n) is 7.87. The van der Waals surface area contributed by atoms with Crippen molar-refractivity contribution in [2.45, 2.75) is 57.9 Å². The van der Waals surface area contributed by atoms with Crippen molar-refractivity contribution < 1.29 is 4.79 Å². The lowest BCUT2D eigenvalue weighted by Crippen LogP contribution is -2.49. The lowest BCUT2D eigenvalue weighted by atomic mass is 9.75. The van der Waals surface area contributed by atoms with Crippen molar-refractivity contribution in [3.05, 3.63) is 0 Å². The van der Waals surface area contributed by atoms with Crippen LogP contribution in [0, 0.1) is 5.41 Å². The van der Waals surface area contributed by atoms with Crippen molar-refractivity contribution in [2.24, 2.45) is 11.1 Å². The molecule has 0 spiro atoms. The van der Waals surface area contributed by atoms with Crippen LogP contribution in [0.3, 0.4) is 0 Å². The van der Waals surface area contributed by atoms with E-state index in [2.05, 4.69) is 17.1 Å². The topological polar surface area (TPSA) is 58.4 Å². The molecule has 1 aliphatic carbocycles. The maximum Gasteiger partial charge on any atom is 0.226 e. The summed E-state index contributed by atoms with van der Waals surface area (Å²) in [4.78, 5) is 14.8. The molecular weight excluding hydrogens is 238 g/mol. The van der Waals surface area contributed by atoms with Crippen molar-refractivity contribution in [3.63, 3.8) is 0 Å². The Hall–Kier alpha value is -0.610. The Morgan fingerprint density at radius 2 is 1.89 bits per heavy atom. The number of carbonyl (C=O) groups excluding carboxylic acids is 1. The van der Waals surface area contributed by atoms with Gasteiger partial charge in [0.05, 0.1) is 0 Å². The minimum Gasteiger partial charge on any atom is -0.353 e. The first-order chi connectivity index (χ1) is 9.14. The van der Waals surface area contributed by atoms with Crippen LogP contribution in [0.1, 0.15) is 51.9 Å². The Morgan fingerprint density at radius 3 is 2.47 bits per heavy atom. The number of likely N-dealkylation sites (tertiary alicyclic amines) is 1. The first-order valence-corrected chi connectivity index (χ1v) is 7.87. The second-order valence-electron chi connectivity index (χ2n) is 6.50. The van der Waals surface area contributed by atoms with Crippen LogP contribution in [0.15, 0.2) is 0 Å². The summed E-state index contributed by atoms with van der Waals surface area (Å²) in [5, 5.41) is 3.29. The fourth-order valence-corrected chi connectivity index (χ4v) is 3.40. The van der Waals surface area contributed by atoms with Gasteiger partial charge in [0.25, 0.3) is 0 Å². The molecule has 0 aromatic carbocycles. The monoisotopic (exact) mass is 267 g/mol. The van der Waals surface area contributed by atoms with E-state index in [0.717, 1.165) is 51.9 Å². The van der Waals surface area contributed by atoms with Gasteiger partial charge in [-0.3, -0.25) is 4.79 Å². The number of nitrogens with one attached hydrogen (secondary N) is 1. The quantitative estimate of drug-likeness (QED) is 0.811. The van der Waals surface area contributed by atoms with Crippen molar-refractivity contribution >= 4 is 5.91 Å². The molecule has 2 rings (SSSR count). The predicted octanol–water partition coefficient (Wildman–Crippen LogP) is 1.50. The largest absolute Gasteiger partial charge is 0.353 e. The Morgan fingerprint density at radius 1 is 1.26 bits per heavy atom. The van der Waals surface area contributed by atoms with Crippen LogP contribution in [0.2, 0.25) is 0 Å². The van der Waals surface area contributed by atoms with Crippen molar-refractivity contribution in [1.82, 2.24) is 10.2 Å². The highest BCUT2D eigenvalue weighted by molar-refractivity contribution is 5.82. The maximum atomic E-state index is 12.5. The van der Waals surface area contributed by atoms with Crippen molar-refractivity contribution in [3.8, 4) is 0 Å². The average Bonchev–Trinajstić information content (AvgIpc) is 2.42. The zero-order valence-corrected chi connectivity index (χ0v) is 12.3. The standard InChI is InChI=1S/C15H29N3O/c1-15(7-3-2-4-8-15)14(19)17-13-5-10-18(11-6-13)12-9-16/h13H,2-12,16H2,1H3,(H,17,19). The zero-order chi connectivity index (χ0) is 13.7. The van der Waals surface area contributed by atoms with Gasteiger partial charge < -0.3 is 16.0 Å². The van der Waals surface area contributed by atoms with Crippen LogP contribution in [0.4, 0.5) is 0 Å². The summed E-state index contributed by atoms with van der Waals surface area (Å²) in [7, 11) is 0. The fourth-order valence-electron chi connectivity index (χ4n) is 3.40. The summed E-state index contributed by atoms with van der Waals surface area (Å²) in [5.41, 5.74) is 5.47. The summed E-state index contributed by atoms with van der Waals surface area (Å²) in [6.45, 7) is 6.00. The highest BCUT2D eigenvalue weighted by Crippen LogP contribution is 2.36. The molecule has 2 fully saturated rings. The smallest absolute Gasteiger partial charge is 0.226 e. The van der Waals surface area contributed by atoms with E-state index in [1.54, 1.807) is 0 Å². The molecule has 1 amide bonds. The van der Waals surface area contributed by atoms with Gasteiger partial charge >= 0.3 is 0 Å². The lowest BCUT2D eigenvalue weighted by Gasteiger charge is -2.36. The molecule has 0 aromatic rings. The van der Waals surface area contributed by atoms with Crippen LogP contribution in [-0.2, 0) is 4.79 Å². The minimum absolute atomic E-state index is 0.105. The van der Waals surface area contributed by atoms with Crippen molar-refractivity contribution in [1.29, 1.82) is 0 Å². The van der Waals surface area contributed by atoms with Crippen LogP contribution in [-0.4, -0.2) is 43.0 Å². The summed E-state index contributed by atoms with van der Waals surface area (Å²) in [5.74, 6) is 0.296. The number of carbonyl (C=O) groups is 1. The molecule has 110 valence electrons. The third kappa shape index (κ3) is 3.93. The molecule has 1 saturated heterocycles. The SMILES string of the molecule is CC1(C(=O)NC2CCN(CCN)CC2)CCCCC1. The normalized spacial score (nSPS) is 25.2. The number of hydrogen-bond acceptors (Lipinski definition) is 3. The molecule has 1 heterocycles. The predicted molar refractivity (Wildman–Crippen MR) is 77.9 cm³/mol. The van der Waals surface area contributed by atoms with E-state index in [1.165, 1.54) is 19.3 Å². The van der Waals surface area contributed by atoms with E-state index in [4.69, 9.17) is 5.73 Å². The minimum atomic E-state index is -0.105. The van der Waals surface area contributed by atoms with Gasteiger partial charge in [0.15, 0.2) is 0 Å². The molecule has 1 saturated carbocycles. The van der Waals surface area contributed by atoms with E-state index < -0.39 is 0 Å². The zero-order valence-electron chi connectivity index (χ0n) is 12.3. The number of amides is 1. The number of nitrogens with zero attached hydrogens (tertiary/aromatic N) is 1. The number of piperidine rings is 1. The summed E-state index contributed by atoms with van der Waals surface area (Å²) in [6.07, 6.45) is 7.97. The van der Waals surface area contributed by atoms with E-state index in [-0.39, 0.29) is 5.41 Å². The van der Waals surface area contributed by atoms with Gasteiger partial charge in [-0.25, -0.2) is 0 Å². The lowest BCUT2D eigenvalue weighted by molar-refractivity contribution is -0.133. The molecular formula is C15H29N3O. The average molecular weight is 267 g/mol. The van der Waals surface area contributed by atoms with Crippen molar-refractivity contribution in [2.75, 3.05) is 26.2 Å². The van der Waals surface area contributed by atoms with Crippen LogP contribution >= 0.6 is 0 Å². The molecule has 0 aromatic heterocycles. The van der Waals surface area contributed by atoms with Crippen LogP contribution < -0.4 is 11.1 Å². The van der Waals surface area contributed by atoms with E-state index in [1.807, 2.05) is 0 Å². The van der Waals surface area contributed by atoms with E-state index in [0.29, 0.717) is 11.9 Å². The van der Waals surface area contributed by atoms with E-state index >= 15 is 0 Å². The van der Waals surface area contributed by atoms with Gasteiger partial charge in [-0.1, -0.05) is 26.2 Å².